The molecule has 0 saturated heterocycles. The van der Waals surface area contributed by atoms with E-state index in [0.717, 1.165) is 5.94 Å². The van der Waals surface area contributed by atoms with E-state index in [0.29, 0.717) is 5.41 Å². The lowest BCUT2D eigenvalue weighted by Crippen LogP contribution is -2.08. The average molecular weight is 148 g/mol. The highest BCUT2D eigenvalue weighted by Crippen LogP contribution is 2.19. The first-order chi connectivity index (χ1) is 4.06. The normalized spacial score (nSPS) is 12.0. The molecule has 0 spiro atoms. The van der Waals surface area contributed by atoms with Crippen molar-refractivity contribution in [2.75, 3.05) is 18.8 Å². The molecule has 56 valence electrons. The summed E-state index contributed by atoms with van der Waals surface area (Å²) in [6.07, 6.45) is 0. The van der Waals surface area contributed by atoms with Gasteiger partial charge in [0.1, 0.15) is 0 Å². The molecule has 2 heteroatoms. The summed E-state index contributed by atoms with van der Waals surface area (Å²) in [5.74, 6) is 1.98. The lowest BCUT2D eigenvalue weighted by molar-refractivity contribution is 0.258. The minimum Gasteiger partial charge on any atom is -0.374 e. The summed E-state index contributed by atoms with van der Waals surface area (Å²) in [6, 6.07) is 0. The number of rotatable bonds is 3. The molecule has 0 radical (unpaired) electrons. The van der Waals surface area contributed by atoms with Crippen LogP contribution in [0.4, 0.5) is 0 Å². The molecule has 0 saturated carbocycles. The van der Waals surface area contributed by atoms with Gasteiger partial charge in [0.15, 0.2) is 0 Å². The molecule has 0 bridgehead atoms. The quantitative estimate of drug-likeness (QED) is 0.449. The first-order valence-corrected chi connectivity index (χ1v) is 4.28. The highest BCUT2D eigenvalue weighted by molar-refractivity contribution is 7.99. The molecule has 0 aromatic heterocycles. The van der Waals surface area contributed by atoms with Crippen molar-refractivity contribution in [1.82, 2.24) is 0 Å². The molecule has 0 aliphatic carbocycles. The summed E-state index contributed by atoms with van der Waals surface area (Å²) in [5.41, 5.74) is 0.434. The molecule has 0 aliphatic heterocycles. The van der Waals surface area contributed by atoms with Crippen LogP contribution < -0.4 is 0 Å². The molecule has 0 amide bonds. The zero-order chi connectivity index (χ0) is 7.33. The summed E-state index contributed by atoms with van der Waals surface area (Å²) in [5, 5.41) is 0. The second-order valence-corrected chi connectivity index (χ2v) is 4.25. The third kappa shape index (κ3) is 8.31. The molecule has 0 aromatic rings. The Kier molecular flexibility index (Phi) is 4.32. The van der Waals surface area contributed by atoms with Gasteiger partial charge in [0.05, 0.1) is 5.94 Å². The Hall–Kier alpha value is 0.310. The third-order valence-electron chi connectivity index (χ3n) is 0.736. The van der Waals surface area contributed by atoms with Gasteiger partial charge in [0.2, 0.25) is 0 Å². The van der Waals surface area contributed by atoms with E-state index in [1.165, 1.54) is 5.75 Å². The van der Waals surface area contributed by atoms with Crippen LogP contribution in [0.25, 0.3) is 0 Å². The van der Waals surface area contributed by atoms with Crippen molar-refractivity contribution in [3.8, 4) is 0 Å². The van der Waals surface area contributed by atoms with E-state index >= 15 is 0 Å². The molecule has 0 atom stereocenters. The maximum atomic E-state index is 4.90. The van der Waals surface area contributed by atoms with Crippen LogP contribution in [-0.2, 0) is 4.74 Å². The monoisotopic (exact) mass is 148 g/mol. The van der Waals surface area contributed by atoms with E-state index in [4.69, 9.17) is 4.74 Å². The van der Waals surface area contributed by atoms with Crippen molar-refractivity contribution < 1.29 is 4.74 Å². The Morgan fingerprint density at radius 1 is 1.33 bits per heavy atom. The minimum absolute atomic E-state index is 0.434. The van der Waals surface area contributed by atoms with E-state index in [2.05, 4.69) is 20.8 Å². The van der Waals surface area contributed by atoms with Gasteiger partial charge in [0, 0.05) is 12.9 Å². The van der Waals surface area contributed by atoms with Gasteiger partial charge in [-0.2, -0.15) is 0 Å². The predicted molar refractivity (Wildman–Crippen MR) is 43.8 cm³/mol. The lowest BCUT2D eigenvalue weighted by atomic mass is 10.0. The van der Waals surface area contributed by atoms with E-state index in [1.54, 1.807) is 7.11 Å². The number of methoxy groups -OCH3 is 1. The van der Waals surface area contributed by atoms with Gasteiger partial charge >= 0.3 is 0 Å². The number of hydrogen-bond acceptors (Lipinski definition) is 2. The molecular formula is C7H16OS. The van der Waals surface area contributed by atoms with E-state index in [9.17, 15) is 0 Å². The van der Waals surface area contributed by atoms with E-state index in [1.807, 2.05) is 11.8 Å². The smallest absolute Gasteiger partial charge is 0.0917 e. The first kappa shape index (κ1) is 9.31. The standard InChI is InChI=1S/C7H16OS/c1-7(2,3)5-9-6-8-4/h5-6H2,1-4H3. The molecule has 0 aliphatic rings. The van der Waals surface area contributed by atoms with Crippen LogP contribution in [0.1, 0.15) is 20.8 Å². The zero-order valence-electron chi connectivity index (χ0n) is 6.73. The number of ether oxygens (including phenoxy) is 1. The largest absolute Gasteiger partial charge is 0.374 e. The van der Waals surface area contributed by atoms with Crippen LogP contribution in [0.2, 0.25) is 0 Å². The highest BCUT2D eigenvalue weighted by Gasteiger charge is 2.08. The molecule has 1 nitrogen and oxygen atoms in total. The number of hydrogen-bond donors (Lipinski definition) is 0. The molecule has 0 unspecified atom stereocenters. The van der Waals surface area contributed by atoms with Crippen molar-refractivity contribution >= 4 is 11.8 Å². The Balaban J connectivity index is 3.07. The average Bonchev–Trinajstić information content (AvgIpc) is 1.63. The van der Waals surface area contributed by atoms with Crippen molar-refractivity contribution in [3.05, 3.63) is 0 Å². The molecule has 0 rings (SSSR count). The molecular weight excluding hydrogens is 132 g/mol. The second kappa shape index (κ2) is 4.18. The summed E-state index contributed by atoms with van der Waals surface area (Å²) >= 11 is 1.84. The molecule has 0 aromatic carbocycles. The van der Waals surface area contributed by atoms with Gasteiger partial charge in [-0.1, -0.05) is 20.8 Å². The second-order valence-electron chi connectivity index (χ2n) is 3.32. The third-order valence-corrected chi connectivity index (χ3v) is 2.21. The maximum absolute atomic E-state index is 4.90. The van der Waals surface area contributed by atoms with Crippen LogP contribution in [-0.4, -0.2) is 18.8 Å². The Bertz CT molecular complexity index is 65.8. The fourth-order valence-corrected chi connectivity index (χ4v) is 1.29. The van der Waals surface area contributed by atoms with Gasteiger partial charge in [-0.25, -0.2) is 0 Å². The van der Waals surface area contributed by atoms with Gasteiger partial charge in [-0.05, 0) is 5.41 Å². The van der Waals surface area contributed by atoms with Crippen LogP contribution in [0, 0.1) is 5.41 Å². The van der Waals surface area contributed by atoms with E-state index in [-0.39, 0.29) is 0 Å². The molecule has 0 fully saturated rings. The summed E-state index contributed by atoms with van der Waals surface area (Å²) in [7, 11) is 1.73. The topological polar surface area (TPSA) is 9.23 Å². The molecule has 9 heavy (non-hydrogen) atoms. The first-order valence-electron chi connectivity index (χ1n) is 3.13. The zero-order valence-corrected chi connectivity index (χ0v) is 7.55. The van der Waals surface area contributed by atoms with Crippen molar-refractivity contribution in [3.63, 3.8) is 0 Å². The maximum Gasteiger partial charge on any atom is 0.0917 e. The molecule has 0 N–H and O–H groups in total. The fourth-order valence-electron chi connectivity index (χ4n) is 0.431. The van der Waals surface area contributed by atoms with Gasteiger partial charge < -0.3 is 4.74 Å². The van der Waals surface area contributed by atoms with Crippen LogP contribution in [0.3, 0.4) is 0 Å². The Morgan fingerprint density at radius 2 is 1.89 bits per heavy atom. The lowest BCUT2D eigenvalue weighted by Gasteiger charge is -2.16. The SMILES string of the molecule is COCSCC(C)(C)C. The van der Waals surface area contributed by atoms with Gasteiger partial charge in [-0.3, -0.25) is 0 Å². The van der Waals surface area contributed by atoms with Crippen molar-refractivity contribution in [1.29, 1.82) is 0 Å². The summed E-state index contributed by atoms with van der Waals surface area (Å²) < 4.78 is 4.90. The van der Waals surface area contributed by atoms with Crippen molar-refractivity contribution in [2.45, 2.75) is 20.8 Å². The van der Waals surface area contributed by atoms with Crippen LogP contribution >= 0.6 is 11.8 Å². The Labute approximate surface area is 62.2 Å². The van der Waals surface area contributed by atoms with Gasteiger partial charge in [-0.15, -0.1) is 11.8 Å². The highest BCUT2D eigenvalue weighted by atomic mass is 32.2. The minimum atomic E-state index is 0.434. The number of thioether (sulfide) groups is 1. The summed E-state index contributed by atoms with van der Waals surface area (Å²) in [6.45, 7) is 6.70. The van der Waals surface area contributed by atoms with E-state index < -0.39 is 0 Å². The summed E-state index contributed by atoms with van der Waals surface area (Å²) in [4.78, 5) is 0. The van der Waals surface area contributed by atoms with Crippen LogP contribution in [0.15, 0.2) is 0 Å². The fraction of sp³-hybridized carbons (Fsp3) is 1.00. The Morgan fingerprint density at radius 3 is 2.22 bits per heavy atom. The van der Waals surface area contributed by atoms with Crippen molar-refractivity contribution in [2.24, 2.45) is 5.41 Å². The predicted octanol–water partition coefficient (Wildman–Crippen LogP) is 2.37. The molecule has 0 heterocycles. The van der Waals surface area contributed by atoms with Crippen LogP contribution in [0.5, 0.6) is 0 Å². The van der Waals surface area contributed by atoms with Gasteiger partial charge in [0.25, 0.3) is 0 Å².